The molecule has 0 atom stereocenters. The second kappa shape index (κ2) is 4.63. The van der Waals surface area contributed by atoms with Gasteiger partial charge in [0.1, 0.15) is 5.82 Å². The van der Waals surface area contributed by atoms with Crippen molar-refractivity contribution in [2.75, 3.05) is 13.6 Å². The number of carbonyl (C=O) groups is 1. The van der Waals surface area contributed by atoms with E-state index in [0.29, 0.717) is 10.6 Å². The van der Waals surface area contributed by atoms with Crippen molar-refractivity contribution < 1.29 is 9.18 Å². The highest BCUT2D eigenvalue weighted by atomic mass is 35.5. The summed E-state index contributed by atoms with van der Waals surface area (Å²) >= 11 is 5.71. The predicted molar refractivity (Wildman–Crippen MR) is 64.4 cm³/mol. The van der Waals surface area contributed by atoms with Crippen molar-refractivity contribution >= 4 is 17.5 Å². The van der Waals surface area contributed by atoms with Gasteiger partial charge >= 0.3 is 0 Å². The molecule has 0 aromatic heterocycles. The molecule has 5 heteroatoms. The lowest BCUT2D eigenvalue weighted by Gasteiger charge is -2.18. The van der Waals surface area contributed by atoms with Crippen LogP contribution in [0.4, 0.5) is 4.39 Å². The Bertz CT molecular complexity index is 446. The van der Waals surface area contributed by atoms with Gasteiger partial charge in [-0.15, -0.1) is 0 Å². The van der Waals surface area contributed by atoms with Crippen molar-refractivity contribution in [1.29, 1.82) is 0 Å². The number of carbonyl (C=O) groups excluding carboxylic acids is 1. The molecule has 1 saturated carbocycles. The highest BCUT2D eigenvalue weighted by Crippen LogP contribution is 2.46. The monoisotopic (exact) mass is 256 g/mol. The minimum absolute atomic E-state index is 0.126. The highest BCUT2D eigenvalue weighted by Gasteiger charge is 2.47. The lowest BCUT2D eigenvalue weighted by molar-refractivity contribution is -0.121. The standard InChI is InChI=1S/C12H14ClFN2O/c1-15-7-11(17)16-12(4-5-12)9-3-2-8(13)6-10(9)14/h2-3,6,15H,4-5,7H2,1H3,(H,16,17). The van der Waals surface area contributed by atoms with Crippen LogP contribution in [0.3, 0.4) is 0 Å². The SMILES string of the molecule is CNCC(=O)NC1(c2ccc(Cl)cc2F)CC1. The molecule has 1 aromatic carbocycles. The summed E-state index contributed by atoms with van der Waals surface area (Å²) in [6.07, 6.45) is 1.53. The van der Waals surface area contributed by atoms with Gasteiger partial charge in [0.05, 0.1) is 12.1 Å². The zero-order chi connectivity index (χ0) is 12.5. The molecule has 0 saturated heterocycles. The molecular weight excluding hydrogens is 243 g/mol. The number of nitrogens with one attached hydrogen (secondary N) is 2. The summed E-state index contributed by atoms with van der Waals surface area (Å²) in [6.45, 7) is 0.233. The molecule has 1 aromatic rings. The van der Waals surface area contributed by atoms with E-state index in [-0.39, 0.29) is 18.3 Å². The Hall–Kier alpha value is -1.13. The molecule has 0 radical (unpaired) electrons. The van der Waals surface area contributed by atoms with E-state index in [9.17, 15) is 9.18 Å². The quantitative estimate of drug-likeness (QED) is 0.863. The third-order valence-corrected chi connectivity index (χ3v) is 3.15. The first kappa shape index (κ1) is 12.3. The van der Waals surface area contributed by atoms with Crippen molar-refractivity contribution in [3.63, 3.8) is 0 Å². The summed E-state index contributed by atoms with van der Waals surface area (Å²) in [5, 5.41) is 5.99. The van der Waals surface area contributed by atoms with Gasteiger partial charge in [-0.2, -0.15) is 0 Å². The summed E-state index contributed by atoms with van der Waals surface area (Å²) in [5.41, 5.74) is -0.00542. The topological polar surface area (TPSA) is 41.1 Å². The summed E-state index contributed by atoms with van der Waals surface area (Å²) in [6, 6.07) is 4.57. The summed E-state index contributed by atoms with van der Waals surface area (Å²) < 4.78 is 13.8. The lowest BCUT2D eigenvalue weighted by Crippen LogP contribution is -2.40. The molecule has 92 valence electrons. The van der Waals surface area contributed by atoms with Gasteiger partial charge in [-0.25, -0.2) is 4.39 Å². The molecular formula is C12H14ClFN2O. The van der Waals surface area contributed by atoms with Crippen LogP contribution in [-0.4, -0.2) is 19.5 Å². The Balaban J connectivity index is 2.18. The number of benzene rings is 1. The van der Waals surface area contributed by atoms with Crippen molar-refractivity contribution in [3.05, 3.63) is 34.6 Å². The Morgan fingerprint density at radius 2 is 2.24 bits per heavy atom. The van der Waals surface area contributed by atoms with Gasteiger partial charge < -0.3 is 10.6 Å². The smallest absolute Gasteiger partial charge is 0.234 e. The van der Waals surface area contributed by atoms with Crippen LogP contribution < -0.4 is 10.6 Å². The molecule has 1 fully saturated rings. The van der Waals surface area contributed by atoms with Gasteiger partial charge in [0.15, 0.2) is 0 Å². The maximum absolute atomic E-state index is 13.8. The molecule has 0 aliphatic heterocycles. The predicted octanol–water partition coefficient (Wildman–Crippen LogP) is 1.80. The van der Waals surface area contributed by atoms with Gasteiger partial charge in [0.25, 0.3) is 0 Å². The first-order chi connectivity index (χ1) is 8.07. The Morgan fingerprint density at radius 3 is 2.76 bits per heavy atom. The fraction of sp³-hybridized carbons (Fsp3) is 0.417. The molecule has 1 amide bonds. The molecule has 1 aliphatic rings. The summed E-state index contributed by atoms with van der Waals surface area (Å²) in [5.74, 6) is -0.487. The van der Waals surface area contributed by atoms with Crippen molar-refractivity contribution in [2.45, 2.75) is 18.4 Å². The van der Waals surface area contributed by atoms with E-state index >= 15 is 0 Å². The second-order valence-corrected chi connectivity index (χ2v) is 4.72. The third-order valence-electron chi connectivity index (χ3n) is 2.91. The molecule has 17 heavy (non-hydrogen) atoms. The number of rotatable bonds is 4. The van der Waals surface area contributed by atoms with Crippen LogP contribution in [0.1, 0.15) is 18.4 Å². The number of hydrogen-bond donors (Lipinski definition) is 2. The van der Waals surface area contributed by atoms with Crippen LogP contribution in [0, 0.1) is 5.82 Å². The third kappa shape index (κ3) is 2.58. The minimum Gasteiger partial charge on any atom is -0.345 e. The number of halogens is 2. The normalized spacial score (nSPS) is 16.6. The molecule has 0 unspecified atom stereocenters. The van der Waals surface area contributed by atoms with Crippen LogP contribution in [0.15, 0.2) is 18.2 Å². The van der Waals surface area contributed by atoms with Crippen molar-refractivity contribution in [1.82, 2.24) is 10.6 Å². The largest absolute Gasteiger partial charge is 0.345 e. The highest BCUT2D eigenvalue weighted by molar-refractivity contribution is 6.30. The van der Waals surface area contributed by atoms with Crippen LogP contribution >= 0.6 is 11.6 Å². The average molecular weight is 257 g/mol. The van der Waals surface area contributed by atoms with Crippen LogP contribution in [0.2, 0.25) is 5.02 Å². The first-order valence-corrected chi connectivity index (χ1v) is 5.86. The van der Waals surface area contributed by atoms with E-state index in [1.807, 2.05) is 0 Å². The van der Waals surface area contributed by atoms with E-state index in [1.165, 1.54) is 6.07 Å². The maximum Gasteiger partial charge on any atom is 0.234 e. The van der Waals surface area contributed by atoms with Crippen LogP contribution in [-0.2, 0) is 10.3 Å². The molecule has 2 rings (SSSR count). The zero-order valence-corrected chi connectivity index (χ0v) is 10.3. The van der Waals surface area contributed by atoms with Gasteiger partial charge in [0.2, 0.25) is 5.91 Å². The maximum atomic E-state index is 13.8. The van der Waals surface area contributed by atoms with E-state index in [2.05, 4.69) is 10.6 Å². The summed E-state index contributed by atoms with van der Waals surface area (Å²) in [7, 11) is 1.70. The Labute approximate surface area is 104 Å². The van der Waals surface area contributed by atoms with Gasteiger partial charge in [0, 0.05) is 10.6 Å². The summed E-state index contributed by atoms with van der Waals surface area (Å²) in [4.78, 5) is 11.5. The van der Waals surface area contributed by atoms with Gasteiger partial charge in [-0.3, -0.25) is 4.79 Å². The van der Waals surface area contributed by atoms with Crippen molar-refractivity contribution in [2.24, 2.45) is 0 Å². The second-order valence-electron chi connectivity index (χ2n) is 4.28. The number of amides is 1. The minimum atomic E-state index is -0.525. The van der Waals surface area contributed by atoms with E-state index in [1.54, 1.807) is 19.2 Å². The Kier molecular flexibility index (Phi) is 3.35. The lowest BCUT2D eigenvalue weighted by atomic mass is 10.0. The van der Waals surface area contributed by atoms with E-state index in [4.69, 9.17) is 11.6 Å². The molecule has 1 aliphatic carbocycles. The van der Waals surface area contributed by atoms with Gasteiger partial charge in [-0.1, -0.05) is 17.7 Å². The number of hydrogen-bond acceptors (Lipinski definition) is 2. The molecule has 0 bridgehead atoms. The Morgan fingerprint density at radius 1 is 1.53 bits per heavy atom. The fourth-order valence-electron chi connectivity index (χ4n) is 1.94. The first-order valence-electron chi connectivity index (χ1n) is 5.48. The fourth-order valence-corrected chi connectivity index (χ4v) is 2.09. The average Bonchev–Trinajstić information content (AvgIpc) is 2.98. The molecule has 2 N–H and O–H groups in total. The van der Waals surface area contributed by atoms with Crippen molar-refractivity contribution in [3.8, 4) is 0 Å². The molecule has 0 spiro atoms. The van der Waals surface area contributed by atoms with Gasteiger partial charge in [-0.05, 0) is 32.0 Å². The van der Waals surface area contributed by atoms with E-state index in [0.717, 1.165) is 12.8 Å². The van der Waals surface area contributed by atoms with E-state index < -0.39 is 5.54 Å². The van der Waals surface area contributed by atoms with Crippen LogP contribution in [0.5, 0.6) is 0 Å². The number of likely N-dealkylation sites (N-methyl/N-ethyl adjacent to an activating group) is 1. The van der Waals surface area contributed by atoms with Crippen LogP contribution in [0.25, 0.3) is 0 Å². The molecule has 0 heterocycles. The zero-order valence-electron chi connectivity index (χ0n) is 9.52. The molecule has 3 nitrogen and oxygen atoms in total.